The summed E-state index contributed by atoms with van der Waals surface area (Å²) in [6, 6.07) is 0. The van der Waals surface area contributed by atoms with Crippen LogP contribution in [-0.4, -0.2) is 0 Å². The molecule has 0 aromatic rings. The van der Waals surface area contributed by atoms with E-state index in [0.29, 0.717) is 6.92 Å². The summed E-state index contributed by atoms with van der Waals surface area (Å²) in [6.45, 7) is 0.704. The van der Waals surface area contributed by atoms with Crippen molar-refractivity contribution in [1.82, 2.24) is 0 Å². The van der Waals surface area contributed by atoms with Gasteiger partial charge in [-0.1, -0.05) is 0 Å². The SMILES string of the molecule is CC(F)=C(F)F.F[C-]=C(F)F.[Cl][Zn+].[Cl][Zn][Cl]. The maximum atomic E-state index is 11.0. The van der Waals surface area contributed by atoms with Crippen LogP contribution in [0.1, 0.15) is 6.92 Å². The van der Waals surface area contributed by atoms with Crippen LogP contribution in [0.5, 0.6) is 0 Å². The van der Waals surface area contributed by atoms with E-state index in [-0.39, 0.29) is 6.33 Å². The summed E-state index contributed by atoms with van der Waals surface area (Å²) in [5.74, 6) is -1.41. The van der Waals surface area contributed by atoms with E-state index in [1.807, 2.05) is 0 Å². The first-order valence-corrected chi connectivity index (χ1v) is 14.6. The molecular formula is C5H3Cl3F6Zn2. The molecule has 0 aromatic heterocycles. The Morgan fingerprint density at radius 1 is 1.06 bits per heavy atom. The Morgan fingerprint density at radius 3 is 1.19 bits per heavy atom. The molecule has 11 heteroatoms. The Labute approximate surface area is 118 Å². The summed E-state index contributed by atoms with van der Waals surface area (Å²) in [7, 11) is 14.7. The summed E-state index contributed by atoms with van der Waals surface area (Å²) in [6.07, 6.45) is -4.54. The van der Waals surface area contributed by atoms with Crippen LogP contribution in [0.25, 0.3) is 0 Å². The van der Waals surface area contributed by atoms with Crippen LogP contribution in [0.3, 0.4) is 0 Å². The second kappa shape index (κ2) is 25.1. The van der Waals surface area contributed by atoms with E-state index in [1.165, 1.54) is 0 Å². The van der Waals surface area contributed by atoms with Crippen molar-refractivity contribution in [3.05, 3.63) is 24.3 Å². The zero-order valence-corrected chi connectivity index (χ0v) is 16.0. The minimum atomic E-state index is -2.41. The third-order valence-corrected chi connectivity index (χ3v) is 0.332. The van der Waals surface area contributed by atoms with Gasteiger partial charge in [-0.05, 0) is 6.92 Å². The Balaban J connectivity index is -0.0000000653. The predicted octanol–water partition coefficient (Wildman–Crippen LogP) is 5.64. The van der Waals surface area contributed by atoms with E-state index in [0.717, 1.165) is 17.3 Å². The third-order valence-electron chi connectivity index (χ3n) is 0.332. The van der Waals surface area contributed by atoms with Crippen LogP contribution in [0.2, 0.25) is 0 Å². The Kier molecular flexibility index (Phi) is 40.7. The number of allylic oxidation sites excluding steroid dienone is 1. The van der Waals surface area contributed by atoms with E-state index in [1.54, 1.807) is 0 Å². The van der Waals surface area contributed by atoms with Gasteiger partial charge in [-0.3, -0.25) is 0 Å². The summed E-state index contributed by atoms with van der Waals surface area (Å²) < 4.78 is 62.7. The molecule has 0 radical (unpaired) electrons. The van der Waals surface area contributed by atoms with Crippen molar-refractivity contribution in [3.63, 3.8) is 0 Å². The normalized spacial score (nSPS) is 6.25. The summed E-state index contributed by atoms with van der Waals surface area (Å²) in [5, 5.41) is 0. The van der Waals surface area contributed by atoms with Crippen LogP contribution in [-0.2, 0) is 32.5 Å². The van der Waals surface area contributed by atoms with Crippen LogP contribution in [0.15, 0.2) is 18.0 Å². The quantitative estimate of drug-likeness (QED) is 0.273. The van der Waals surface area contributed by atoms with Crippen LogP contribution >= 0.6 is 29.1 Å². The predicted molar refractivity (Wildman–Crippen MR) is 43.7 cm³/mol. The Hall–Kier alpha value is 1.18. The average molecular weight is 414 g/mol. The summed E-state index contributed by atoms with van der Waals surface area (Å²) in [5.41, 5.74) is 0. The summed E-state index contributed by atoms with van der Waals surface area (Å²) in [4.78, 5) is 0. The molecule has 0 rings (SSSR count). The van der Waals surface area contributed by atoms with E-state index in [2.05, 4.69) is 0 Å². The molecule has 0 N–H and O–H groups in total. The zero-order valence-electron chi connectivity index (χ0n) is 7.82. The minimum absolute atomic E-state index is 0.111. The van der Waals surface area contributed by atoms with Crippen molar-refractivity contribution < 1.29 is 58.8 Å². The molecule has 0 amide bonds. The number of rotatable bonds is 0. The fourth-order valence-corrected chi connectivity index (χ4v) is 0. The van der Waals surface area contributed by atoms with E-state index >= 15 is 0 Å². The van der Waals surface area contributed by atoms with E-state index in [4.69, 9.17) is 29.1 Å². The van der Waals surface area contributed by atoms with Crippen molar-refractivity contribution in [2.45, 2.75) is 6.92 Å². The molecule has 0 aliphatic heterocycles. The molecule has 0 aliphatic rings. The van der Waals surface area contributed by atoms with Gasteiger partial charge in [0.05, 0.1) is 0 Å². The first-order chi connectivity index (χ1) is 7.33. The average Bonchev–Trinajstić information content (AvgIpc) is 2.22. The number of hydrogen-bond acceptors (Lipinski definition) is 0. The van der Waals surface area contributed by atoms with Gasteiger partial charge in [0, 0.05) is 0 Å². The Morgan fingerprint density at radius 2 is 1.19 bits per heavy atom. The molecule has 0 saturated heterocycles. The standard InChI is InChI=1S/C3H3F3.C2F3.3ClH.2Zn/c1-2(4)3(5)6;3-1-2(4)5;;;;;/h1H3;;3*1H;;/q;-1;;;;2*+2/p-3. The van der Waals surface area contributed by atoms with Crippen LogP contribution < -0.4 is 0 Å². The van der Waals surface area contributed by atoms with E-state index in [9.17, 15) is 26.3 Å². The second-order valence-corrected chi connectivity index (χ2v) is 5.87. The van der Waals surface area contributed by atoms with Crippen molar-refractivity contribution in [1.29, 1.82) is 0 Å². The third kappa shape index (κ3) is 59.2. The van der Waals surface area contributed by atoms with Crippen molar-refractivity contribution in [2.24, 2.45) is 0 Å². The fraction of sp³-hybridized carbons (Fsp3) is 0.200. The van der Waals surface area contributed by atoms with Crippen molar-refractivity contribution in [2.75, 3.05) is 0 Å². The van der Waals surface area contributed by atoms with Crippen molar-refractivity contribution in [3.8, 4) is 0 Å². The van der Waals surface area contributed by atoms with Gasteiger partial charge in [0.15, 0.2) is 5.83 Å². The fourth-order valence-electron chi connectivity index (χ4n) is 0. The molecule has 0 atom stereocenters. The van der Waals surface area contributed by atoms with Gasteiger partial charge in [0.1, 0.15) is 6.08 Å². The van der Waals surface area contributed by atoms with Gasteiger partial charge >= 0.3 is 67.6 Å². The second-order valence-electron chi connectivity index (χ2n) is 1.25. The molecule has 0 heterocycles. The Bertz CT molecular complexity index is 167. The molecule has 0 nitrogen and oxygen atoms in total. The van der Waals surface area contributed by atoms with Gasteiger partial charge in [-0.15, -0.1) is 0 Å². The van der Waals surface area contributed by atoms with Crippen LogP contribution in [0.4, 0.5) is 26.3 Å². The topological polar surface area (TPSA) is 0 Å². The van der Waals surface area contributed by atoms with E-state index < -0.39 is 33.1 Å². The van der Waals surface area contributed by atoms with Gasteiger partial charge in [0.25, 0.3) is 0 Å². The van der Waals surface area contributed by atoms with Crippen molar-refractivity contribution >= 4 is 29.1 Å². The van der Waals surface area contributed by atoms with Gasteiger partial charge < -0.3 is 4.39 Å². The molecule has 0 bridgehead atoms. The molecule has 0 aromatic carbocycles. The van der Waals surface area contributed by atoms with Crippen LogP contribution in [0, 0.1) is 6.33 Å². The molecule has 0 aliphatic carbocycles. The maximum absolute atomic E-state index is 11.0. The number of hydrogen-bond donors (Lipinski definition) is 0. The molecule has 0 unspecified atom stereocenters. The molecule has 90 valence electrons. The molecular weight excluding hydrogens is 411 g/mol. The first-order valence-electron chi connectivity index (χ1n) is 2.94. The zero-order chi connectivity index (χ0) is 14.1. The molecule has 0 saturated carbocycles. The van der Waals surface area contributed by atoms with Gasteiger partial charge in [0.2, 0.25) is 0 Å². The molecule has 16 heavy (non-hydrogen) atoms. The monoisotopic (exact) mass is 410 g/mol. The molecule has 0 fully saturated rings. The van der Waals surface area contributed by atoms with Gasteiger partial charge in [-0.25, -0.2) is 19.5 Å². The first kappa shape index (κ1) is 25.9. The molecule has 0 spiro atoms. The summed E-state index contributed by atoms with van der Waals surface area (Å²) >= 11 is -0.0833. The number of halogens is 9. The van der Waals surface area contributed by atoms with Gasteiger partial charge in [-0.2, -0.15) is 8.78 Å².